The molecule has 0 aromatic rings. The lowest BCUT2D eigenvalue weighted by molar-refractivity contribution is 0.852. The van der Waals surface area contributed by atoms with Gasteiger partial charge in [0.1, 0.15) is 0 Å². The minimum atomic E-state index is 1.10. The fourth-order valence-electron chi connectivity index (χ4n) is 0.354. The molecule has 0 heteroatoms. The predicted octanol–water partition coefficient (Wildman–Crippen LogP) is 2.28. The van der Waals surface area contributed by atoms with Crippen LogP contribution in [0.5, 0.6) is 0 Å². The molecule has 0 aliphatic rings. The monoisotopic (exact) mass is 84.1 g/mol. The average molecular weight is 84.2 g/mol. The molecule has 2 radical (unpaired) electrons. The molecule has 0 heterocycles. The van der Waals surface area contributed by atoms with Crippen LogP contribution in [0.2, 0.25) is 0 Å². The number of hydrogen-bond acceptors (Lipinski definition) is 0. The maximum Gasteiger partial charge on any atom is -0.0176 e. The van der Waals surface area contributed by atoms with Crippen LogP contribution in [0, 0.1) is 6.42 Å². The van der Waals surface area contributed by atoms with E-state index in [1.165, 1.54) is 6.42 Å². The fraction of sp³-hybridized carbons (Fsp3) is 0.833. The third-order valence-corrected chi connectivity index (χ3v) is 0.677. The molecule has 0 aliphatic heterocycles. The second-order valence-electron chi connectivity index (χ2n) is 1.35. The summed E-state index contributed by atoms with van der Waals surface area (Å²) < 4.78 is 0. The van der Waals surface area contributed by atoms with Gasteiger partial charge in [0.25, 0.3) is 0 Å². The Bertz CT molecular complexity index is 12.0. The molecule has 0 rings (SSSR count). The van der Waals surface area contributed by atoms with Crippen molar-refractivity contribution in [2.45, 2.75) is 33.1 Å². The van der Waals surface area contributed by atoms with Crippen LogP contribution >= 0.6 is 0 Å². The quantitative estimate of drug-likeness (QED) is 0.460. The second-order valence-corrected chi connectivity index (χ2v) is 1.35. The van der Waals surface area contributed by atoms with Crippen LogP contribution in [0.3, 0.4) is 0 Å². The highest BCUT2D eigenvalue weighted by atomic mass is 13.8. The fourth-order valence-corrected chi connectivity index (χ4v) is 0.354. The zero-order valence-electron chi connectivity index (χ0n) is 4.62. The van der Waals surface area contributed by atoms with Gasteiger partial charge in [0.05, 0.1) is 0 Å². The molecule has 0 fully saturated rings. The van der Waals surface area contributed by atoms with Crippen LogP contribution in [-0.2, 0) is 0 Å². The normalized spacial score (nSPS) is 9.00. The average Bonchev–Trinajstić information content (AvgIpc) is 1.61. The van der Waals surface area contributed by atoms with Crippen molar-refractivity contribution in [2.24, 2.45) is 0 Å². The third-order valence-electron chi connectivity index (χ3n) is 0.677. The van der Waals surface area contributed by atoms with Gasteiger partial charge in [0.15, 0.2) is 0 Å². The van der Waals surface area contributed by atoms with Crippen molar-refractivity contribution in [2.75, 3.05) is 0 Å². The van der Waals surface area contributed by atoms with Crippen molar-refractivity contribution in [1.29, 1.82) is 0 Å². The molecule has 0 saturated heterocycles. The van der Waals surface area contributed by atoms with E-state index in [0.717, 1.165) is 12.8 Å². The van der Waals surface area contributed by atoms with E-state index in [1.807, 2.05) is 0 Å². The van der Waals surface area contributed by atoms with Crippen LogP contribution < -0.4 is 0 Å². The van der Waals surface area contributed by atoms with Crippen molar-refractivity contribution in [3.05, 3.63) is 6.42 Å². The SMILES string of the molecule is CC[C]CCC. The van der Waals surface area contributed by atoms with Crippen LogP contribution in [0.25, 0.3) is 0 Å². The minimum absolute atomic E-state index is 1.10. The Morgan fingerprint density at radius 1 is 1.33 bits per heavy atom. The van der Waals surface area contributed by atoms with Gasteiger partial charge in [0.2, 0.25) is 0 Å². The highest BCUT2D eigenvalue weighted by Gasteiger charge is 1.76. The second kappa shape index (κ2) is 5.00. The summed E-state index contributed by atoms with van der Waals surface area (Å²) in [6.45, 7) is 4.29. The summed E-state index contributed by atoms with van der Waals surface area (Å²) in [5, 5.41) is 0. The summed E-state index contributed by atoms with van der Waals surface area (Å²) in [6.07, 6.45) is 6.71. The van der Waals surface area contributed by atoms with Crippen LogP contribution in [-0.4, -0.2) is 0 Å². The lowest BCUT2D eigenvalue weighted by Crippen LogP contribution is -1.67. The number of unbranched alkanes of at least 4 members (excludes halogenated alkanes) is 3. The van der Waals surface area contributed by atoms with Crippen molar-refractivity contribution < 1.29 is 0 Å². The first-order valence-electron chi connectivity index (χ1n) is 2.62. The van der Waals surface area contributed by atoms with Gasteiger partial charge < -0.3 is 0 Å². The molecule has 0 spiro atoms. The first-order chi connectivity index (χ1) is 2.91. The van der Waals surface area contributed by atoms with E-state index in [0.29, 0.717) is 0 Å². The van der Waals surface area contributed by atoms with Gasteiger partial charge in [-0.25, -0.2) is 0 Å². The largest absolute Gasteiger partial charge is 0.0654 e. The van der Waals surface area contributed by atoms with E-state index in [2.05, 4.69) is 20.3 Å². The Morgan fingerprint density at radius 2 is 2.00 bits per heavy atom. The smallest absolute Gasteiger partial charge is 0.0176 e. The molecule has 36 valence electrons. The van der Waals surface area contributed by atoms with E-state index < -0.39 is 0 Å². The molecular formula is C6H12. The van der Waals surface area contributed by atoms with E-state index in [9.17, 15) is 0 Å². The molecule has 0 atom stereocenters. The Hall–Kier alpha value is 0. The van der Waals surface area contributed by atoms with E-state index in [4.69, 9.17) is 0 Å². The summed E-state index contributed by atoms with van der Waals surface area (Å²) in [7, 11) is 0. The summed E-state index contributed by atoms with van der Waals surface area (Å²) in [5.41, 5.74) is 0. The van der Waals surface area contributed by atoms with Gasteiger partial charge in [-0.05, 0) is 19.3 Å². The molecule has 0 amide bonds. The highest BCUT2D eigenvalue weighted by Crippen LogP contribution is 1.93. The lowest BCUT2D eigenvalue weighted by atomic mass is 10.2. The maximum absolute atomic E-state index is 3.20. The molecule has 0 aromatic heterocycles. The van der Waals surface area contributed by atoms with Gasteiger partial charge in [-0.2, -0.15) is 0 Å². The van der Waals surface area contributed by atoms with Crippen molar-refractivity contribution in [1.82, 2.24) is 0 Å². The first kappa shape index (κ1) is 6.00. The zero-order chi connectivity index (χ0) is 4.83. The topological polar surface area (TPSA) is 0 Å². The lowest BCUT2D eigenvalue weighted by Gasteiger charge is -1.84. The molecule has 0 bridgehead atoms. The van der Waals surface area contributed by atoms with Crippen LogP contribution in [0.4, 0.5) is 0 Å². The highest BCUT2D eigenvalue weighted by molar-refractivity contribution is 4.57. The van der Waals surface area contributed by atoms with Crippen molar-refractivity contribution in [3.8, 4) is 0 Å². The molecular weight excluding hydrogens is 72.1 g/mol. The molecule has 0 saturated carbocycles. The minimum Gasteiger partial charge on any atom is -0.0654 e. The Labute approximate surface area is 40.6 Å². The summed E-state index contributed by atoms with van der Waals surface area (Å²) >= 11 is 0. The molecule has 0 N–H and O–H groups in total. The van der Waals surface area contributed by atoms with E-state index in [1.54, 1.807) is 0 Å². The standard InChI is InChI=1S/C6H12/c1-3-5-6-4-2/h3-5H2,1-2H3. The molecule has 0 aromatic carbocycles. The van der Waals surface area contributed by atoms with Crippen LogP contribution in [0.1, 0.15) is 33.1 Å². The Balaban J connectivity index is 2.34. The van der Waals surface area contributed by atoms with E-state index in [-0.39, 0.29) is 0 Å². The van der Waals surface area contributed by atoms with Gasteiger partial charge >= 0.3 is 0 Å². The Kier molecular flexibility index (Phi) is 5.00. The molecule has 0 nitrogen and oxygen atoms in total. The van der Waals surface area contributed by atoms with E-state index >= 15 is 0 Å². The predicted molar refractivity (Wildman–Crippen MR) is 28.4 cm³/mol. The van der Waals surface area contributed by atoms with Gasteiger partial charge in [-0.3, -0.25) is 0 Å². The zero-order valence-corrected chi connectivity index (χ0v) is 4.62. The van der Waals surface area contributed by atoms with Gasteiger partial charge in [-0.1, -0.05) is 20.3 Å². The number of rotatable bonds is 3. The summed E-state index contributed by atoms with van der Waals surface area (Å²) in [4.78, 5) is 0. The number of hydrogen-bond donors (Lipinski definition) is 0. The molecule has 0 aliphatic carbocycles. The van der Waals surface area contributed by atoms with Crippen molar-refractivity contribution >= 4 is 0 Å². The first-order valence-corrected chi connectivity index (χ1v) is 2.62. The summed E-state index contributed by atoms with van der Waals surface area (Å²) in [5.74, 6) is 0. The maximum atomic E-state index is 3.20. The molecule has 0 unspecified atom stereocenters. The Morgan fingerprint density at radius 3 is 2.17 bits per heavy atom. The molecule has 6 heavy (non-hydrogen) atoms. The van der Waals surface area contributed by atoms with Crippen LogP contribution in [0.15, 0.2) is 0 Å². The van der Waals surface area contributed by atoms with Gasteiger partial charge in [-0.15, -0.1) is 0 Å². The third kappa shape index (κ3) is 4.00. The summed E-state index contributed by atoms with van der Waals surface area (Å²) in [6, 6.07) is 0. The van der Waals surface area contributed by atoms with Crippen molar-refractivity contribution in [3.63, 3.8) is 0 Å². The van der Waals surface area contributed by atoms with Gasteiger partial charge in [0, 0.05) is 0 Å².